The van der Waals surface area contributed by atoms with Crippen molar-refractivity contribution in [3.8, 4) is 0 Å². The zero-order valence-electron chi connectivity index (χ0n) is 6.08. The normalized spacial score (nSPS) is 9.73. The second-order valence-electron chi connectivity index (χ2n) is 1.89. The van der Waals surface area contributed by atoms with E-state index < -0.39 is 5.97 Å². The van der Waals surface area contributed by atoms with E-state index in [-0.39, 0.29) is 11.1 Å². The minimum Gasteiger partial charge on any atom is -0.463 e. The number of oxazole rings is 1. The van der Waals surface area contributed by atoms with E-state index in [1.165, 1.54) is 7.11 Å². The minimum absolute atomic E-state index is 0.0582. The first kappa shape index (κ1) is 8.07. The van der Waals surface area contributed by atoms with Gasteiger partial charge in [0, 0.05) is 0 Å². The summed E-state index contributed by atoms with van der Waals surface area (Å²) < 4.78 is 9.21. The second-order valence-corrected chi connectivity index (χ2v) is 2.24. The fourth-order valence-electron chi connectivity index (χ4n) is 0.654. The highest BCUT2D eigenvalue weighted by molar-refractivity contribution is 5.87. The number of halogens is 1. The number of carbonyl (C=O) groups excluding carboxylic acids is 1. The summed E-state index contributed by atoms with van der Waals surface area (Å²) in [7, 11) is 1.27. The summed E-state index contributed by atoms with van der Waals surface area (Å²) in [5.41, 5.74) is 0.460. The van der Waals surface area contributed by atoms with Gasteiger partial charge in [-0.1, -0.05) is 0 Å². The van der Waals surface area contributed by atoms with Crippen LogP contribution in [0, 0.1) is 18.5 Å². The van der Waals surface area contributed by atoms with Crippen molar-refractivity contribution in [1.82, 2.24) is 4.98 Å². The molecule has 0 bridgehead atoms. The average Bonchev–Trinajstić information content (AvgIpc) is 2.28. The number of ether oxygens (including phenoxy) is 1. The molecule has 0 spiro atoms. The van der Waals surface area contributed by atoms with E-state index >= 15 is 0 Å². The minimum atomic E-state index is -0.550. The Hall–Kier alpha value is -1.03. The molecule has 0 aliphatic heterocycles. The molecule has 4 nitrogen and oxygen atoms in total. The Balaban J connectivity index is 3.03. The first-order valence-electron chi connectivity index (χ1n) is 2.88. The molecule has 1 rings (SSSR count). The van der Waals surface area contributed by atoms with Crippen molar-refractivity contribution in [2.45, 2.75) is 6.92 Å². The number of rotatable bonds is 1. The van der Waals surface area contributed by atoms with Crippen LogP contribution in [0.5, 0.6) is 0 Å². The van der Waals surface area contributed by atoms with Gasteiger partial charge >= 0.3 is 11.3 Å². The van der Waals surface area contributed by atoms with Crippen LogP contribution in [0.25, 0.3) is 0 Å². The Labute approximate surface area is 68.1 Å². The van der Waals surface area contributed by atoms with Gasteiger partial charge < -0.3 is 9.15 Å². The molecule has 0 N–H and O–H groups in total. The number of nitrogens with zero attached hydrogens (tertiary/aromatic N) is 1. The highest BCUT2D eigenvalue weighted by atomic mass is 35.5. The van der Waals surface area contributed by atoms with Crippen molar-refractivity contribution in [3.05, 3.63) is 16.8 Å². The van der Waals surface area contributed by atoms with Crippen LogP contribution in [0.1, 0.15) is 16.2 Å². The highest BCUT2D eigenvalue weighted by Crippen LogP contribution is 2.10. The lowest BCUT2D eigenvalue weighted by atomic mass is 10.4. The summed E-state index contributed by atoms with van der Waals surface area (Å²) in [5.74, 6) is -0.469. The zero-order valence-corrected chi connectivity index (χ0v) is 6.90. The van der Waals surface area contributed by atoms with Crippen LogP contribution in [0.4, 0.5) is 0 Å². The monoisotopic (exact) mass is 176 g/mol. The third-order valence-corrected chi connectivity index (χ3v) is 1.32. The molecule has 0 aliphatic rings. The van der Waals surface area contributed by atoms with Gasteiger partial charge in [-0.25, -0.2) is 4.79 Å². The van der Waals surface area contributed by atoms with E-state index in [9.17, 15) is 4.79 Å². The quantitative estimate of drug-likeness (QED) is 0.584. The molecule has 1 aromatic rings. The molecular weight excluding hydrogens is 170 g/mol. The van der Waals surface area contributed by atoms with Crippen LogP contribution in [0.3, 0.4) is 0 Å². The van der Waals surface area contributed by atoms with Gasteiger partial charge in [-0.15, -0.1) is 0 Å². The Morgan fingerprint density at radius 2 is 2.36 bits per heavy atom. The fraction of sp³-hybridized carbons (Fsp3) is 0.333. The van der Waals surface area contributed by atoms with E-state index in [1.54, 1.807) is 6.92 Å². The van der Waals surface area contributed by atoms with Crippen molar-refractivity contribution >= 4 is 5.97 Å². The Morgan fingerprint density at radius 3 is 2.73 bits per heavy atom. The topological polar surface area (TPSA) is 52.3 Å². The van der Waals surface area contributed by atoms with Gasteiger partial charge in [-0.3, -0.25) is 0 Å². The predicted molar refractivity (Wildman–Crippen MR) is 33.1 cm³/mol. The number of esters is 1. The number of hydrogen-bond donors (Lipinski definition) is 0. The predicted octanol–water partition coefficient (Wildman–Crippen LogP) is 0.466. The maximum Gasteiger partial charge on any atom is 0.493 e. The van der Waals surface area contributed by atoms with Crippen molar-refractivity contribution in [2.75, 3.05) is 7.11 Å². The van der Waals surface area contributed by atoms with Crippen LogP contribution < -0.4 is 0 Å². The SMILES string of the molecule is COC(=O)c1oc([ClH+])nc1C. The third kappa shape index (κ3) is 1.51. The van der Waals surface area contributed by atoms with Gasteiger partial charge in [0.25, 0.3) is 0 Å². The molecular formula is C6H7ClNO3+. The molecule has 0 aromatic carbocycles. The van der Waals surface area contributed by atoms with Crippen molar-refractivity contribution in [3.63, 3.8) is 0 Å². The molecule has 0 unspecified atom stereocenters. The summed E-state index contributed by atoms with van der Waals surface area (Å²) in [4.78, 5) is 14.6. The molecule has 0 amide bonds. The number of aromatic nitrogens is 1. The molecule has 11 heavy (non-hydrogen) atoms. The Bertz CT molecular complexity index is 281. The van der Waals surface area contributed by atoms with Gasteiger partial charge in [0.1, 0.15) is 0 Å². The molecule has 0 saturated carbocycles. The molecule has 1 aromatic heterocycles. The molecule has 0 aliphatic carbocycles. The summed E-state index contributed by atoms with van der Waals surface area (Å²) >= 11 is 4.60. The summed E-state index contributed by atoms with van der Waals surface area (Å²) in [6.45, 7) is 1.63. The molecule has 0 fully saturated rings. The fourth-order valence-corrected chi connectivity index (χ4v) is 0.874. The maximum atomic E-state index is 10.8. The first-order chi connectivity index (χ1) is 5.15. The Morgan fingerprint density at radius 1 is 1.73 bits per heavy atom. The molecule has 5 heteroatoms. The van der Waals surface area contributed by atoms with E-state index in [2.05, 4.69) is 21.3 Å². The van der Waals surface area contributed by atoms with Crippen molar-refractivity contribution < 1.29 is 25.5 Å². The molecule has 60 valence electrons. The average molecular weight is 177 g/mol. The number of aryl methyl sites for hydroxylation is 1. The van der Waals surface area contributed by atoms with Crippen LogP contribution in [0.2, 0.25) is 5.35 Å². The van der Waals surface area contributed by atoms with Gasteiger partial charge in [-0.05, 0) is 6.92 Å². The van der Waals surface area contributed by atoms with Crippen molar-refractivity contribution in [2.24, 2.45) is 0 Å². The largest absolute Gasteiger partial charge is 0.493 e. The summed E-state index contributed by atoms with van der Waals surface area (Å²) in [6.07, 6.45) is 0. The molecule has 1 heterocycles. The summed E-state index contributed by atoms with van der Waals surface area (Å²) in [5, 5.41) is 0.0582. The van der Waals surface area contributed by atoms with Gasteiger partial charge in [0.15, 0.2) is 0 Å². The Kier molecular flexibility index (Phi) is 2.14. The van der Waals surface area contributed by atoms with Crippen LogP contribution in [-0.2, 0) is 4.74 Å². The first-order valence-corrected chi connectivity index (χ1v) is 3.28. The second kappa shape index (κ2) is 2.92. The van der Waals surface area contributed by atoms with E-state index in [0.717, 1.165) is 0 Å². The molecule has 0 saturated heterocycles. The van der Waals surface area contributed by atoms with Crippen molar-refractivity contribution in [1.29, 1.82) is 0 Å². The van der Waals surface area contributed by atoms with E-state index in [1.807, 2.05) is 0 Å². The molecule has 0 radical (unpaired) electrons. The van der Waals surface area contributed by atoms with Gasteiger partial charge in [0.05, 0.1) is 12.8 Å². The number of carbonyl (C=O) groups is 1. The lowest BCUT2D eigenvalue weighted by molar-refractivity contribution is -0.325. The van der Waals surface area contributed by atoms with Crippen LogP contribution >= 0.6 is 0 Å². The van der Waals surface area contributed by atoms with Crippen LogP contribution in [0.15, 0.2) is 4.42 Å². The smallest absolute Gasteiger partial charge is 0.463 e. The van der Waals surface area contributed by atoms with E-state index in [0.29, 0.717) is 5.69 Å². The molecule has 0 atom stereocenters. The lowest BCUT2D eigenvalue weighted by Gasteiger charge is -1.91. The zero-order chi connectivity index (χ0) is 8.43. The van der Waals surface area contributed by atoms with Gasteiger partial charge in [0.2, 0.25) is 17.4 Å². The summed E-state index contributed by atoms with van der Waals surface area (Å²) in [6, 6.07) is 0. The lowest BCUT2D eigenvalue weighted by Crippen LogP contribution is -2.00. The van der Waals surface area contributed by atoms with Crippen LogP contribution in [-0.4, -0.2) is 18.1 Å². The number of methoxy groups -OCH3 is 1. The van der Waals surface area contributed by atoms with E-state index in [4.69, 9.17) is 4.42 Å². The number of hydrogen-bond acceptors (Lipinski definition) is 4. The highest BCUT2D eigenvalue weighted by Gasteiger charge is 2.19. The maximum absolute atomic E-state index is 10.8. The third-order valence-electron chi connectivity index (χ3n) is 1.15. The van der Waals surface area contributed by atoms with Gasteiger partial charge in [-0.2, -0.15) is 4.98 Å². The standard InChI is InChI=1S/C6H7ClNO3/c1-3-4(5(9)10-2)11-6(7)8-3/h7H,1-2H3/q+1.